The second-order valence-electron chi connectivity index (χ2n) is 4.35. The van der Waals surface area contributed by atoms with E-state index < -0.39 is 6.04 Å². The van der Waals surface area contributed by atoms with Crippen molar-refractivity contribution < 1.29 is 4.79 Å². The summed E-state index contributed by atoms with van der Waals surface area (Å²) in [6, 6.07) is 9.64. The van der Waals surface area contributed by atoms with Gasteiger partial charge in [-0.2, -0.15) is 0 Å². The first-order valence-corrected chi connectivity index (χ1v) is 6.00. The van der Waals surface area contributed by atoms with Gasteiger partial charge < -0.3 is 10.6 Å². The molecule has 0 radical (unpaired) electrons. The molecule has 1 aromatic carbocycles. The van der Waals surface area contributed by atoms with E-state index in [0.717, 1.165) is 18.5 Å². The Labute approximate surface area is 102 Å². The van der Waals surface area contributed by atoms with E-state index in [-0.39, 0.29) is 5.91 Å². The quantitative estimate of drug-likeness (QED) is 0.786. The molecule has 0 aliphatic carbocycles. The number of carbonyl (C=O) groups is 1. The van der Waals surface area contributed by atoms with Gasteiger partial charge in [-0.25, -0.2) is 0 Å². The fraction of sp³-hybridized carbons (Fsp3) is 0.357. The largest absolute Gasteiger partial charge is 0.337 e. The summed E-state index contributed by atoms with van der Waals surface area (Å²) in [6.07, 6.45) is 5.65. The summed E-state index contributed by atoms with van der Waals surface area (Å²) in [7, 11) is 0. The first kappa shape index (κ1) is 11.9. The molecule has 3 nitrogen and oxygen atoms in total. The lowest BCUT2D eigenvalue weighted by atomic mass is 10.1. The molecule has 0 fully saturated rings. The number of hydrogen-bond acceptors (Lipinski definition) is 2. The minimum atomic E-state index is -0.393. The fourth-order valence-corrected chi connectivity index (χ4v) is 2.00. The molecule has 0 saturated carbocycles. The van der Waals surface area contributed by atoms with E-state index in [9.17, 15) is 4.79 Å². The van der Waals surface area contributed by atoms with Crippen LogP contribution in [0.5, 0.6) is 0 Å². The van der Waals surface area contributed by atoms with E-state index in [1.807, 2.05) is 41.3 Å². The molecule has 1 aromatic rings. The number of benzene rings is 1. The maximum atomic E-state index is 12.1. The van der Waals surface area contributed by atoms with Gasteiger partial charge in [0.05, 0.1) is 6.04 Å². The van der Waals surface area contributed by atoms with Gasteiger partial charge in [0, 0.05) is 13.1 Å². The molecular weight excluding hydrogens is 212 g/mol. The predicted molar refractivity (Wildman–Crippen MR) is 68.2 cm³/mol. The van der Waals surface area contributed by atoms with Crippen molar-refractivity contribution >= 4 is 5.91 Å². The summed E-state index contributed by atoms with van der Waals surface area (Å²) in [6.45, 7) is 1.40. The molecule has 1 aliphatic rings. The van der Waals surface area contributed by atoms with Gasteiger partial charge in [-0.1, -0.05) is 42.5 Å². The lowest BCUT2D eigenvalue weighted by Gasteiger charge is -2.26. The van der Waals surface area contributed by atoms with Gasteiger partial charge in [-0.15, -0.1) is 0 Å². The Hall–Kier alpha value is -1.61. The molecule has 3 heteroatoms. The van der Waals surface area contributed by atoms with E-state index in [2.05, 4.69) is 6.08 Å². The number of nitrogens with two attached hydrogens (primary N) is 1. The molecular formula is C14H18N2O. The molecule has 0 bridgehead atoms. The smallest absolute Gasteiger partial charge is 0.240 e. The Morgan fingerprint density at radius 3 is 2.76 bits per heavy atom. The van der Waals surface area contributed by atoms with Gasteiger partial charge >= 0.3 is 0 Å². The van der Waals surface area contributed by atoms with Crippen LogP contribution in [-0.4, -0.2) is 23.4 Å². The van der Waals surface area contributed by atoms with Crippen molar-refractivity contribution in [3.05, 3.63) is 48.0 Å². The van der Waals surface area contributed by atoms with Crippen LogP contribution in [0, 0.1) is 0 Å². The molecule has 0 spiro atoms. The number of rotatable bonds is 2. The summed E-state index contributed by atoms with van der Waals surface area (Å²) in [5.41, 5.74) is 7.00. The molecule has 2 N–H and O–H groups in total. The van der Waals surface area contributed by atoms with Crippen molar-refractivity contribution in [3.63, 3.8) is 0 Å². The van der Waals surface area contributed by atoms with Crippen LogP contribution < -0.4 is 5.73 Å². The molecule has 1 unspecified atom stereocenters. The van der Waals surface area contributed by atoms with Crippen molar-refractivity contribution in [2.45, 2.75) is 25.4 Å². The predicted octanol–water partition coefficient (Wildman–Crippen LogP) is 1.69. The third-order valence-electron chi connectivity index (χ3n) is 2.97. The Morgan fingerprint density at radius 1 is 1.24 bits per heavy atom. The minimum Gasteiger partial charge on any atom is -0.337 e. The summed E-state index contributed by atoms with van der Waals surface area (Å²) in [4.78, 5) is 13.9. The van der Waals surface area contributed by atoms with Gasteiger partial charge in [0.2, 0.25) is 5.91 Å². The number of hydrogen-bond donors (Lipinski definition) is 1. The van der Waals surface area contributed by atoms with E-state index in [1.165, 1.54) is 0 Å². The number of amides is 1. The molecule has 90 valence electrons. The lowest BCUT2D eigenvalue weighted by molar-refractivity contribution is -0.133. The topological polar surface area (TPSA) is 46.3 Å². The van der Waals surface area contributed by atoms with Crippen molar-refractivity contribution in [1.82, 2.24) is 4.90 Å². The summed E-state index contributed by atoms with van der Waals surface area (Å²) >= 11 is 0. The monoisotopic (exact) mass is 230 g/mol. The van der Waals surface area contributed by atoms with Crippen molar-refractivity contribution in [3.8, 4) is 0 Å². The highest BCUT2D eigenvalue weighted by Crippen LogP contribution is 2.10. The van der Waals surface area contributed by atoms with Gasteiger partial charge in [0.1, 0.15) is 0 Å². The first-order valence-electron chi connectivity index (χ1n) is 6.00. The van der Waals surface area contributed by atoms with Gasteiger partial charge in [-0.3, -0.25) is 4.79 Å². The summed E-state index contributed by atoms with van der Waals surface area (Å²) in [5.74, 6) is 0.0539. The van der Waals surface area contributed by atoms with Crippen LogP contribution in [0.1, 0.15) is 18.4 Å². The van der Waals surface area contributed by atoms with Crippen molar-refractivity contribution in [2.75, 3.05) is 6.54 Å². The zero-order chi connectivity index (χ0) is 12.1. The van der Waals surface area contributed by atoms with Gasteiger partial charge in [-0.05, 0) is 18.4 Å². The number of carbonyl (C=O) groups excluding carboxylic acids is 1. The van der Waals surface area contributed by atoms with Crippen LogP contribution in [0.4, 0.5) is 0 Å². The summed E-state index contributed by atoms with van der Waals surface area (Å²) < 4.78 is 0. The van der Waals surface area contributed by atoms with Crippen LogP contribution in [0.2, 0.25) is 0 Å². The van der Waals surface area contributed by atoms with Crippen molar-refractivity contribution in [1.29, 1.82) is 0 Å². The molecule has 1 atom stereocenters. The van der Waals surface area contributed by atoms with Crippen LogP contribution in [-0.2, 0) is 11.3 Å². The molecule has 1 amide bonds. The Morgan fingerprint density at radius 2 is 2.00 bits per heavy atom. The highest BCUT2D eigenvalue weighted by molar-refractivity contribution is 5.82. The molecule has 17 heavy (non-hydrogen) atoms. The van der Waals surface area contributed by atoms with Gasteiger partial charge in [0.15, 0.2) is 0 Å². The van der Waals surface area contributed by atoms with Gasteiger partial charge in [0.25, 0.3) is 0 Å². The second kappa shape index (κ2) is 5.64. The second-order valence-corrected chi connectivity index (χ2v) is 4.35. The Balaban J connectivity index is 2.08. The standard InChI is InChI=1S/C14H18N2O/c15-13-9-5-2-6-10-16(14(13)17)11-12-7-3-1-4-8-12/h1-5,7-8,13H,6,9-11,15H2/b5-2-. The first-order chi connectivity index (χ1) is 8.27. The highest BCUT2D eigenvalue weighted by Gasteiger charge is 2.20. The van der Waals surface area contributed by atoms with Crippen LogP contribution >= 0.6 is 0 Å². The normalized spacial score (nSPS) is 23.0. The van der Waals surface area contributed by atoms with Crippen LogP contribution in [0.25, 0.3) is 0 Å². The molecule has 0 saturated heterocycles. The third kappa shape index (κ3) is 3.17. The van der Waals surface area contributed by atoms with E-state index >= 15 is 0 Å². The minimum absolute atomic E-state index is 0.0539. The van der Waals surface area contributed by atoms with Crippen LogP contribution in [0.15, 0.2) is 42.5 Å². The average Bonchev–Trinajstić information content (AvgIpc) is 2.36. The van der Waals surface area contributed by atoms with E-state index in [1.54, 1.807) is 0 Å². The molecule has 2 rings (SSSR count). The Kier molecular flexibility index (Phi) is 3.94. The third-order valence-corrected chi connectivity index (χ3v) is 2.97. The molecule has 1 heterocycles. The van der Waals surface area contributed by atoms with Crippen molar-refractivity contribution in [2.24, 2.45) is 5.73 Å². The average molecular weight is 230 g/mol. The Bertz CT molecular complexity index is 400. The SMILES string of the molecule is NC1C/C=C\CCN(Cc2ccccc2)C1=O. The molecule has 0 aromatic heterocycles. The summed E-state index contributed by atoms with van der Waals surface area (Å²) in [5, 5.41) is 0. The highest BCUT2D eigenvalue weighted by atomic mass is 16.2. The van der Waals surface area contributed by atoms with E-state index in [0.29, 0.717) is 13.0 Å². The fourth-order valence-electron chi connectivity index (χ4n) is 2.00. The number of nitrogens with zero attached hydrogens (tertiary/aromatic N) is 1. The maximum Gasteiger partial charge on any atom is 0.240 e. The maximum absolute atomic E-state index is 12.1. The zero-order valence-electron chi connectivity index (χ0n) is 9.88. The zero-order valence-corrected chi connectivity index (χ0v) is 9.88. The molecule has 1 aliphatic heterocycles. The lowest BCUT2D eigenvalue weighted by Crippen LogP contribution is -2.44. The van der Waals surface area contributed by atoms with Crippen LogP contribution in [0.3, 0.4) is 0 Å². The van der Waals surface area contributed by atoms with E-state index in [4.69, 9.17) is 5.73 Å².